The molecule has 1 aliphatic heterocycles. The molecule has 0 radical (unpaired) electrons. The van der Waals surface area contributed by atoms with E-state index in [4.69, 9.17) is 39.5 Å². The Balaban J connectivity index is 1.48. The lowest BCUT2D eigenvalue weighted by Gasteiger charge is -2.26. The van der Waals surface area contributed by atoms with Crippen molar-refractivity contribution in [2.24, 2.45) is 0 Å². The molecule has 8 nitrogen and oxygen atoms in total. The molecule has 38 heavy (non-hydrogen) atoms. The van der Waals surface area contributed by atoms with Crippen LogP contribution in [0.2, 0.25) is 15.1 Å². The van der Waals surface area contributed by atoms with Crippen molar-refractivity contribution >= 4 is 76.0 Å². The molecule has 11 heteroatoms. The maximum Gasteiger partial charge on any atom is 0.335 e. The lowest BCUT2D eigenvalue weighted by Crippen LogP contribution is -2.54. The lowest BCUT2D eigenvalue weighted by atomic mass is 10.1. The number of nitrogens with one attached hydrogen (secondary N) is 2. The average Bonchev–Trinajstić information content (AvgIpc) is 2.85. The SMILES string of the molecule is Cc1ccc(NC(=O)COc2ccc(/C=C3/C(=O)NC(=O)N(c4ccc(Cl)c(Cl)c4)C3=O)cc2Cl)c(C)c1. The minimum absolute atomic E-state index is 0.136. The molecule has 1 saturated heterocycles. The van der Waals surface area contributed by atoms with E-state index >= 15 is 0 Å². The van der Waals surface area contributed by atoms with Crippen molar-refractivity contribution in [3.63, 3.8) is 0 Å². The summed E-state index contributed by atoms with van der Waals surface area (Å²) in [6.45, 7) is 3.57. The summed E-state index contributed by atoms with van der Waals surface area (Å²) in [7, 11) is 0. The van der Waals surface area contributed by atoms with Crippen molar-refractivity contribution in [2.45, 2.75) is 13.8 Å². The maximum atomic E-state index is 13.1. The van der Waals surface area contributed by atoms with Crippen LogP contribution in [-0.4, -0.2) is 30.4 Å². The number of hydrogen-bond acceptors (Lipinski definition) is 5. The van der Waals surface area contributed by atoms with Crippen molar-refractivity contribution < 1.29 is 23.9 Å². The van der Waals surface area contributed by atoms with Gasteiger partial charge >= 0.3 is 6.03 Å². The fourth-order valence-corrected chi connectivity index (χ4v) is 4.23. The number of hydrogen-bond donors (Lipinski definition) is 2. The molecule has 0 aromatic heterocycles. The zero-order chi connectivity index (χ0) is 27.6. The smallest absolute Gasteiger partial charge is 0.335 e. The Labute approximate surface area is 233 Å². The van der Waals surface area contributed by atoms with Crippen LogP contribution in [0.4, 0.5) is 16.2 Å². The summed E-state index contributed by atoms with van der Waals surface area (Å²) in [5.41, 5.74) is 2.92. The minimum atomic E-state index is -0.920. The molecule has 194 valence electrons. The number of amides is 5. The lowest BCUT2D eigenvalue weighted by molar-refractivity contribution is -0.122. The number of halogens is 3. The number of nitrogens with zero attached hydrogens (tertiary/aromatic N) is 1. The summed E-state index contributed by atoms with van der Waals surface area (Å²) in [6, 6.07) is 13.5. The van der Waals surface area contributed by atoms with Crippen molar-refractivity contribution in [2.75, 3.05) is 16.8 Å². The van der Waals surface area contributed by atoms with E-state index in [1.54, 1.807) is 6.07 Å². The first-order valence-corrected chi connectivity index (χ1v) is 12.3. The van der Waals surface area contributed by atoms with E-state index in [1.807, 2.05) is 32.0 Å². The van der Waals surface area contributed by atoms with Crippen molar-refractivity contribution in [1.82, 2.24) is 5.32 Å². The third-order valence-electron chi connectivity index (χ3n) is 5.54. The average molecular weight is 573 g/mol. The van der Waals surface area contributed by atoms with Gasteiger partial charge in [-0.1, -0.05) is 58.6 Å². The Kier molecular flexibility index (Phi) is 8.06. The predicted molar refractivity (Wildman–Crippen MR) is 147 cm³/mol. The number of ether oxygens (including phenoxy) is 1. The molecule has 3 aromatic carbocycles. The molecule has 4 rings (SSSR count). The zero-order valence-corrected chi connectivity index (χ0v) is 22.4. The minimum Gasteiger partial charge on any atom is -0.482 e. The highest BCUT2D eigenvalue weighted by molar-refractivity contribution is 6.43. The standard InChI is InChI=1S/C27H20Cl3N3O5/c1-14-3-7-22(15(2)9-14)31-24(34)13-38-23-8-4-16(11-21(23)30)10-18-25(35)32-27(37)33(26(18)36)17-5-6-19(28)20(29)12-17/h3-12H,13H2,1-2H3,(H,31,34)(H,32,35,37)/b18-10-. The molecule has 0 saturated carbocycles. The number of anilines is 2. The molecule has 1 aliphatic rings. The molecule has 1 fully saturated rings. The van der Waals surface area contributed by atoms with E-state index in [0.717, 1.165) is 16.0 Å². The van der Waals surface area contributed by atoms with E-state index in [-0.39, 0.29) is 44.6 Å². The Hall–Kier alpha value is -3.85. The van der Waals surface area contributed by atoms with Gasteiger partial charge in [0.25, 0.3) is 17.7 Å². The number of benzene rings is 3. The van der Waals surface area contributed by atoms with Gasteiger partial charge < -0.3 is 10.1 Å². The Morgan fingerprint density at radius 2 is 1.71 bits per heavy atom. The van der Waals surface area contributed by atoms with Gasteiger partial charge in [-0.15, -0.1) is 0 Å². The quantitative estimate of drug-likeness (QED) is 0.281. The van der Waals surface area contributed by atoms with Crippen LogP contribution in [-0.2, 0) is 14.4 Å². The van der Waals surface area contributed by atoms with Gasteiger partial charge in [0.2, 0.25) is 0 Å². The molecule has 0 spiro atoms. The Morgan fingerprint density at radius 1 is 0.947 bits per heavy atom. The first-order chi connectivity index (χ1) is 18.0. The number of rotatable bonds is 6. The summed E-state index contributed by atoms with van der Waals surface area (Å²) < 4.78 is 5.54. The van der Waals surface area contributed by atoms with Gasteiger partial charge in [-0.2, -0.15) is 0 Å². The van der Waals surface area contributed by atoms with E-state index in [0.29, 0.717) is 11.3 Å². The molecule has 0 aliphatic carbocycles. The largest absolute Gasteiger partial charge is 0.482 e. The number of imide groups is 2. The van der Waals surface area contributed by atoms with Crippen LogP contribution in [0, 0.1) is 13.8 Å². The zero-order valence-electron chi connectivity index (χ0n) is 20.1. The van der Waals surface area contributed by atoms with Gasteiger partial charge in [0, 0.05) is 5.69 Å². The van der Waals surface area contributed by atoms with E-state index in [9.17, 15) is 19.2 Å². The van der Waals surface area contributed by atoms with E-state index in [1.165, 1.54) is 36.4 Å². The van der Waals surface area contributed by atoms with E-state index in [2.05, 4.69) is 10.6 Å². The van der Waals surface area contributed by atoms with Crippen LogP contribution in [0.1, 0.15) is 16.7 Å². The van der Waals surface area contributed by atoms with E-state index < -0.39 is 17.8 Å². The van der Waals surface area contributed by atoms with Gasteiger partial charge in [-0.05, 0) is 67.4 Å². The normalized spacial score (nSPS) is 14.5. The topological polar surface area (TPSA) is 105 Å². The van der Waals surface area contributed by atoms with Crippen LogP contribution in [0.5, 0.6) is 5.75 Å². The Bertz CT molecular complexity index is 1520. The van der Waals surface area contributed by atoms with Crippen LogP contribution in [0.25, 0.3) is 6.08 Å². The third kappa shape index (κ3) is 5.99. The summed E-state index contributed by atoms with van der Waals surface area (Å²) in [5.74, 6) is -1.85. The second-order valence-electron chi connectivity index (χ2n) is 8.40. The highest BCUT2D eigenvalue weighted by Gasteiger charge is 2.37. The fourth-order valence-electron chi connectivity index (χ4n) is 3.69. The summed E-state index contributed by atoms with van der Waals surface area (Å²) >= 11 is 18.3. The maximum absolute atomic E-state index is 13.1. The third-order valence-corrected chi connectivity index (χ3v) is 6.58. The first kappa shape index (κ1) is 27.2. The molecule has 0 atom stereocenters. The molecule has 3 aromatic rings. The van der Waals surface area contributed by atoms with Crippen LogP contribution in [0.15, 0.2) is 60.2 Å². The highest BCUT2D eigenvalue weighted by Crippen LogP contribution is 2.30. The molecular formula is C27H20Cl3N3O5. The highest BCUT2D eigenvalue weighted by atomic mass is 35.5. The number of aryl methyl sites for hydroxylation is 2. The van der Waals surface area contributed by atoms with Gasteiger partial charge in [0.05, 0.1) is 20.8 Å². The van der Waals surface area contributed by atoms with Crippen LogP contribution in [0.3, 0.4) is 0 Å². The van der Waals surface area contributed by atoms with Gasteiger partial charge in [-0.3, -0.25) is 19.7 Å². The first-order valence-electron chi connectivity index (χ1n) is 11.2. The number of urea groups is 1. The number of carbonyl (C=O) groups is 4. The Morgan fingerprint density at radius 3 is 2.39 bits per heavy atom. The molecule has 5 amide bonds. The van der Waals surface area contributed by atoms with Crippen molar-refractivity contribution in [1.29, 1.82) is 0 Å². The monoisotopic (exact) mass is 571 g/mol. The molecule has 2 N–H and O–H groups in total. The van der Waals surface area contributed by atoms with Crippen molar-refractivity contribution in [3.05, 3.63) is 91.9 Å². The van der Waals surface area contributed by atoms with Crippen LogP contribution < -0.4 is 20.3 Å². The van der Waals surface area contributed by atoms with Gasteiger partial charge in [0.15, 0.2) is 6.61 Å². The fraction of sp³-hybridized carbons (Fsp3) is 0.111. The second kappa shape index (κ2) is 11.3. The van der Waals surface area contributed by atoms with Gasteiger partial charge in [0.1, 0.15) is 11.3 Å². The van der Waals surface area contributed by atoms with Crippen LogP contribution >= 0.6 is 34.8 Å². The number of barbiturate groups is 1. The summed E-state index contributed by atoms with van der Waals surface area (Å²) in [6.07, 6.45) is 1.29. The molecule has 0 bridgehead atoms. The molecule has 1 heterocycles. The van der Waals surface area contributed by atoms with Crippen molar-refractivity contribution in [3.8, 4) is 5.75 Å². The second-order valence-corrected chi connectivity index (χ2v) is 9.62. The number of carbonyl (C=O) groups excluding carboxylic acids is 4. The van der Waals surface area contributed by atoms with Gasteiger partial charge in [-0.25, -0.2) is 9.69 Å². The molecule has 0 unspecified atom stereocenters. The summed E-state index contributed by atoms with van der Waals surface area (Å²) in [5, 5.41) is 5.44. The predicted octanol–water partition coefficient (Wildman–Crippen LogP) is 5.95. The summed E-state index contributed by atoms with van der Waals surface area (Å²) in [4.78, 5) is 51.0. The molecular weight excluding hydrogens is 553 g/mol.